The zero-order chi connectivity index (χ0) is 30.8. The molecule has 0 bridgehead atoms. The van der Waals surface area contributed by atoms with Crippen LogP contribution in [0.3, 0.4) is 0 Å². The van der Waals surface area contributed by atoms with Crippen molar-refractivity contribution >= 4 is 23.7 Å². The van der Waals surface area contributed by atoms with Crippen LogP contribution in [0.25, 0.3) is 0 Å². The van der Waals surface area contributed by atoms with Crippen molar-refractivity contribution in [1.29, 1.82) is 0 Å². The van der Waals surface area contributed by atoms with Crippen LogP contribution in [-0.4, -0.2) is 71.3 Å². The molecule has 0 unspecified atom stereocenters. The van der Waals surface area contributed by atoms with Gasteiger partial charge in [-0.2, -0.15) is 74.6 Å². The minimum absolute atomic E-state index is 0.111. The van der Waals surface area contributed by atoms with Crippen LogP contribution in [-0.2, 0) is 14.3 Å². The predicted molar refractivity (Wildman–Crippen MR) is 87.6 cm³/mol. The average molecular weight is 623 g/mol. The van der Waals surface area contributed by atoms with Crippen molar-refractivity contribution in [2.24, 2.45) is 0 Å². The van der Waals surface area contributed by atoms with Gasteiger partial charge < -0.3 is 14.6 Å². The number of hydrogen-bond donors (Lipinski definition) is 0. The van der Waals surface area contributed by atoms with Crippen molar-refractivity contribution in [2.75, 3.05) is 11.7 Å². The summed E-state index contributed by atoms with van der Waals surface area (Å²) >= 11 is -0.111. The lowest BCUT2D eigenvalue weighted by atomic mass is 9.88. The van der Waals surface area contributed by atoms with Gasteiger partial charge in [-0.25, -0.2) is 0 Å². The molecule has 0 radical (unpaired) electrons. The van der Waals surface area contributed by atoms with Crippen LogP contribution in [0, 0.1) is 0 Å². The van der Waals surface area contributed by atoms with E-state index in [0.29, 0.717) is 0 Å². The van der Waals surface area contributed by atoms with Crippen molar-refractivity contribution in [3.63, 3.8) is 0 Å². The molecule has 0 aromatic rings. The van der Waals surface area contributed by atoms with Crippen molar-refractivity contribution < 1.29 is 94.1 Å². The molecule has 0 aliphatic rings. The van der Waals surface area contributed by atoms with E-state index in [1.54, 1.807) is 0 Å². The molecule has 0 N–H and O–H groups in total. The smallest absolute Gasteiger partial charge is 0.460 e. The van der Waals surface area contributed by atoms with Crippen LogP contribution >= 0.6 is 11.8 Å². The van der Waals surface area contributed by atoms with E-state index in [9.17, 15) is 89.3 Å². The summed E-state index contributed by atoms with van der Waals surface area (Å²) in [4.78, 5) is 21.3. The van der Waals surface area contributed by atoms with Gasteiger partial charge in [-0.3, -0.25) is 4.79 Å². The third-order valence-electron chi connectivity index (χ3n) is 4.41. The molecule has 38 heavy (non-hydrogen) atoms. The number of alkyl halides is 17. The number of carbonyl (C=O) groups excluding carboxylic acids is 2. The maximum atomic E-state index is 13.7. The molecule has 0 rings (SSSR count). The normalized spacial score (nSPS) is 15.0. The minimum atomic E-state index is -8.68. The monoisotopic (exact) mass is 623 g/mol. The molecule has 0 amide bonds. The van der Waals surface area contributed by atoms with Gasteiger partial charge in [0.1, 0.15) is 5.94 Å². The number of halogens is 17. The predicted octanol–water partition coefficient (Wildman–Crippen LogP) is 5.54. The van der Waals surface area contributed by atoms with Gasteiger partial charge in [0.05, 0.1) is 0 Å². The number of thioether (sulfide) groups is 1. The molecule has 0 heterocycles. The molecular weight excluding hydrogens is 611 g/mol. The zero-order valence-corrected chi connectivity index (χ0v) is 18.5. The standard InChI is InChI=1S/C16H13F17O4S/c17-9(18,4-5-38-6-37-8(36)3-1-2-7(34)35)10(19,20)11(21,22)12(23,24)13(25,26)14(27,28)15(29,30)16(31,32)33/h1-6H2,(H,34,35)/p-1. The number of rotatable bonds is 15. The van der Waals surface area contributed by atoms with E-state index in [1.165, 1.54) is 0 Å². The van der Waals surface area contributed by atoms with E-state index in [-0.39, 0.29) is 18.2 Å². The summed E-state index contributed by atoms with van der Waals surface area (Å²) in [7, 11) is 0. The van der Waals surface area contributed by atoms with Crippen LogP contribution < -0.4 is 5.11 Å². The Hall–Kier alpha value is -1.90. The number of carbonyl (C=O) groups is 2. The summed E-state index contributed by atoms with van der Waals surface area (Å²) in [6.07, 6.45) is -12.0. The number of carboxylic acid groups (broad SMARTS) is 1. The molecule has 226 valence electrons. The fourth-order valence-corrected chi connectivity index (χ4v) is 2.90. The Morgan fingerprint density at radius 2 is 1.00 bits per heavy atom. The molecule has 0 aliphatic heterocycles. The number of hydrogen-bond acceptors (Lipinski definition) is 5. The first-order valence-electron chi connectivity index (χ1n) is 9.21. The molecule has 0 spiro atoms. The lowest BCUT2D eigenvalue weighted by Gasteiger charge is -2.42. The molecule has 0 atom stereocenters. The van der Waals surface area contributed by atoms with E-state index in [0.717, 1.165) is 0 Å². The number of ether oxygens (including phenoxy) is 1. The van der Waals surface area contributed by atoms with Crippen LogP contribution in [0.2, 0.25) is 0 Å². The second-order valence-electron chi connectivity index (χ2n) is 7.17. The largest absolute Gasteiger partial charge is 0.550 e. The van der Waals surface area contributed by atoms with Crippen LogP contribution in [0.4, 0.5) is 74.6 Å². The second-order valence-corrected chi connectivity index (χ2v) is 8.22. The van der Waals surface area contributed by atoms with E-state index in [4.69, 9.17) is 0 Å². The SMILES string of the molecule is O=C([O-])CCCC(=O)OCSCCC(F)(F)C(F)(F)C(F)(F)C(F)(F)C(F)(F)C(F)(F)C(F)(F)C(F)(F)F. The molecule has 22 heteroatoms. The van der Waals surface area contributed by atoms with Crippen molar-refractivity contribution in [3.8, 4) is 0 Å². The molecule has 0 aromatic carbocycles. The Balaban J connectivity index is 5.69. The summed E-state index contributed by atoms with van der Waals surface area (Å²) in [5, 5.41) is 10.1. The summed E-state index contributed by atoms with van der Waals surface area (Å²) in [5.74, 6) is -62.0. The Labute approximate surface area is 203 Å². The molecule has 0 fully saturated rings. The van der Waals surface area contributed by atoms with E-state index in [2.05, 4.69) is 4.74 Å². The second kappa shape index (κ2) is 11.3. The zero-order valence-electron chi connectivity index (χ0n) is 17.7. The number of aliphatic carboxylic acids is 1. The Bertz CT molecular complexity index is 840. The van der Waals surface area contributed by atoms with Gasteiger partial charge in [-0.05, 0) is 12.8 Å². The molecule has 4 nitrogen and oxygen atoms in total. The molecule has 0 saturated heterocycles. The summed E-state index contributed by atoms with van der Waals surface area (Å²) in [6.45, 7) is 0. The third kappa shape index (κ3) is 6.45. The fourth-order valence-electron chi connectivity index (χ4n) is 2.17. The van der Waals surface area contributed by atoms with Gasteiger partial charge in [0.2, 0.25) is 0 Å². The van der Waals surface area contributed by atoms with Crippen molar-refractivity contribution in [1.82, 2.24) is 0 Å². The summed E-state index contributed by atoms with van der Waals surface area (Å²) in [5.41, 5.74) is 0. The van der Waals surface area contributed by atoms with Crippen LogP contribution in [0.1, 0.15) is 25.7 Å². The summed E-state index contributed by atoms with van der Waals surface area (Å²) in [6, 6.07) is 0. The van der Waals surface area contributed by atoms with Crippen LogP contribution in [0.15, 0.2) is 0 Å². The number of esters is 1. The highest BCUT2D eigenvalue weighted by atomic mass is 32.2. The first-order chi connectivity index (χ1) is 16.6. The van der Waals surface area contributed by atoms with Gasteiger partial charge in [0, 0.05) is 24.6 Å². The quantitative estimate of drug-likeness (QED) is 0.104. The molecule has 0 saturated carbocycles. The fraction of sp³-hybridized carbons (Fsp3) is 0.875. The number of carboxylic acids is 1. The van der Waals surface area contributed by atoms with Crippen molar-refractivity contribution in [2.45, 2.75) is 73.3 Å². The Morgan fingerprint density at radius 3 is 1.39 bits per heavy atom. The van der Waals surface area contributed by atoms with E-state index < -0.39 is 90.5 Å². The average Bonchev–Trinajstić information content (AvgIpc) is 2.71. The van der Waals surface area contributed by atoms with Gasteiger partial charge in [0.25, 0.3) is 0 Å². The van der Waals surface area contributed by atoms with Gasteiger partial charge in [-0.15, -0.1) is 11.8 Å². The lowest BCUT2D eigenvalue weighted by Crippen LogP contribution is -2.74. The van der Waals surface area contributed by atoms with E-state index in [1.807, 2.05) is 0 Å². The highest BCUT2D eigenvalue weighted by Gasteiger charge is 2.95. The van der Waals surface area contributed by atoms with Crippen molar-refractivity contribution in [3.05, 3.63) is 0 Å². The maximum absolute atomic E-state index is 13.7. The first-order valence-corrected chi connectivity index (χ1v) is 10.4. The first kappa shape index (κ1) is 36.1. The highest BCUT2D eigenvalue weighted by Crippen LogP contribution is 2.64. The van der Waals surface area contributed by atoms with Gasteiger partial charge >= 0.3 is 53.6 Å². The van der Waals surface area contributed by atoms with Gasteiger partial charge in [-0.1, -0.05) is 0 Å². The summed E-state index contributed by atoms with van der Waals surface area (Å²) < 4.78 is 227. The maximum Gasteiger partial charge on any atom is 0.460 e. The van der Waals surface area contributed by atoms with Gasteiger partial charge in [0.15, 0.2) is 0 Å². The molecular formula is C16H12F17O4S-. The Morgan fingerprint density at radius 1 is 0.605 bits per heavy atom. The topological polar surface area (TPSA) is 66.4 Å². The highest BCUT2D eigenvalue weighted by molar-refractivity contribution is 7.99. The Kier molecular flexibility index (Phi) is 10.7. The minimum Gasteiger partial charge on any atom is -0.550 e. The van der Waals surface area contributed by atoms with Crippen LogP contribution in [0.5, 0.6) is 0 Å². The van der Waals surface area contributed by atoms with E-state index >= 15 is 0 Å². The lowest BCUT2D eigenvalue weighted by molar-refractivity contribution is -0.461. The molecule has 0 aliphatic carbocycles. The third-order valence-corrected chi connectivity index (χ3v) is 5.19. The molecule has 0 aromatic heterocycles.